The van der Waals surface area contributed by atoms with E-state index in [9.17, 15) is 0 Å². The molecule has 0 bridgehead atoms. The van der Waals surface area contributed by atoms with Gasteiger partial charge in [0, 0.05) is 6.42 Å². The Morgan fingerprint density at radius 2 is 2.50 bits per heavy atom. The molecule has 1 saturated heterocycles. The average molecular weight is 140 g/mol. The third-order valence-corrected chi connectivity index (χ3v) is 1.51. The van der Waals surface area contributed by atoms with Gasteiger partial charge in [0.25, 0.3) is 0 Å². The van der Waals surface area contributed by atoms with Gasteiger partial charge in [0.15, 0.2) is 6.10 Å². The molecule has 1 aromatic rings. The summed E-state index contributed by atoms with van der Waals surface area (Å²) in [5.74, 6) is 0.845. The van der Waals surface area contributed by atoms with E-state index in [0.29, 0.717) is 6.61 Å². The van der Waals surface area contributed by atoms with E-state index >= 15 is 0 Å². The first-order valence-corrected chi connectivity index (χ1v) is 3.28. The van der Waals surface area contributed by atoms with Gasteiger partial charge in [-0.25, -0.2) is 9.78 Å². The average Bonchev–Trinajstić information content (AvgIpc) is 2.59. The van der Waals surface area contributed by atoms with Crippen molar-refractivity contribution >= 4 is 0 Å². The van der Waals surface area contributed by atoms with Crippen molar-refractivity contribution < 1.29 is 14.2 Å². The van der Waals surface area contributed by atoms with E-state index < -0.39 is 0 Å². The van der Waals surface area contributed by atoms with Crippen LogP contribution in [0.1, 0.15) is 18.3 Å². The Hall–Kier alpha value is -0.800. The van der Waals surface area contributed by atoms with E-state index in [-0.39, 0.29) is 6.10 Å². The number of rotatable bonds is 1. The summed E-state index contributed by atoms with van der Waals surface area (Å²) in [7, 11) is 0. The molecule has 1 fully saturated rings. The molecule has 0 radical (unpaired) electrons. The van der Waals surface area contributed by atoms with Crippen LogP contribution in [0.25, 0.3) is 0 Å². The van der Waals surface area contributed by atoms with Gasteiger partial charge in [-0.05, 0) is 12.1 Å². The largest absolute Gasteiger partial charge is 0.466 e. The van der Waals surface area contributed by atoms with E-state index in [1.807, 2.05) is 12.1 Å². The lowest BCUT2D eigenvalue weighted by atomic mass is 10.2. The fourth-order valence-corrected chi connectivity index (χ4v) is 0.998. The Labute approximate surface area is 58.5 Å². The van der Waals surface area contributed by atoms with Crippen LogP contribution in [-0.4, -0.2) is 6.61 Å². The van der Waals surface area contributed by atoms with E-state index in [1.54, 1.807) is 6.26 Å². The standard InChI is InChI=1S/C7H8O3/c1-2-6(8-4-1)7-3-5-9-10-7/h1-2,4,7H,3,5H2. The van der Waals surface area contributed by atoms with Crippen LogP contribution in [0.2, 0.25) is 0 Å². The molecule has 1 aromatic heterocycles. The van der Waals surface area contributed by atoms with Gasteiger partial charge in [-0.2, -0.15) is 0 Å². The molecular weight excluding hydrogens is 132 g/mol. The normalized spacial score (nSPS) is 25.4. The third-order valence-electron chi connectivity index (χ3n) is 1.51. The smallest absolute Gasteiger partial charge is 0.153 e. The van der Waals surface area contributed by atoms with Crippen molar-refractivity contribution in [1.82, 2.24) is 0 Å². The highest BCUT2D eigenvalue weighted by molar-refractivity contribution is 5.02. The number of hydrogen-bond acceptors (Lipinski definition) is 3. The maximum atomic E-state index is 5.11. The van der Waals surface area contributed by atoms with Crippen LogP contribution in [0.15, 0.2) is 22.8 Å². The summed E-state index contributed by atoms with van der Waals surface area (Å²) in [5.41, 5.74) is 0. The minimum atomic E-state index is 0.00926. The highest BCUT2D eigenvalue weighted by Gasteiger charge is 2.21. The molecule has 1 atom stereocenters. The molecule has 2 heterocycles. The number of hydrogen-bond donors (Lipinski definition) is 0. The Morgan fingerprint density at radius 1 is 1.50 bits per heavy atom. The summed E-state index contributed by atoms with van der Waals surface area (Å²) in [6, 6.07) is 3.73. The molecule has 54 valence electrons. The van der Waals surface area contributed by atoms with Crippen molar-refractivity contribution in [2.24, 2.45) is 0 Å². The monoisotopic (exact) mass is 140 g/mol. The van der Waals surface area contributed by atoms with Crippen LogP contribution >= 0.6 is 0 Å². The van der Waals surface area contributed by atoms with Gasteiger partial charge in [-0.15, -0.1) is 0 Å². The van der Waals surface area contributed by atoms with Crippen molar-refractivity contribution in [2.45, 2.75) is 12.5 Å². The molecule has 0 aromatic carbocycles. The lowest BCUT2D eigenvalue weighted by molar-refractivity contribution is -0.279. The second-order valence-corrected chi connectivity index (χ2v) is 2.21. The molecule has 10 heavy (non-hydrogen) atoms. The van der Waals surface area contributed by atoms with Crippen LogP contribution in [0.3, 0.4) is 0 Å². The first kappa shape index (κ1) is 5.95. The minimum Gasteiger partial charge on any atom is -0.466 e. The summed E-state index contributed by atoms with van der Waals surface area (Å²) in [5, 5.41) is 0. The SMILES string of the molecule is c1coc(C2CCOO2)c1. The summed E-state index contributed by atoms with van der Waals surface area (Å²) in [4.78, 5) is 9.62. The molecule has 2 rings (SSSR count). The topological polar surface area (TPSA) is 31.6 Å². The van der Waals surface area contributed by atoms with Gasteiger partial charge < -0.3 is 4.42 Å². The first-order valence-electron chi connectivity index (χ1n) is 3.28. The molecule has 1 unspecified atom stereocenters. The Morgan fingerprint density at radius 3 is 3.10 bits per heavy atom. The van der Waals surface area contributed by atoms with Gasteiger partial charge in [0.05, 0.1) is 12.9 Å². The lowest BCUT2D eigenvalue weighted by Gasteiger charge is -1.99. The molecule has 0 N–H and O–H groups in total. The van der Waals surface area contributed by atoms with Gasteiger partial charge in [-0.1, -0.05) is 0 Å². The highest BCUT2D eigenvalue weighted by atomic mass is 17.2. The molecule has 0 spiro atoms. The second-order valence-electron chi connectivity index (χ2n) is 2.21. The molecule has 1 aliphatic rings. The van der Waals surface area contributed by atoms with E-state index in [4.69, 9.17) is 14.2 Å². The van der Waals surface area contributed by atoms with Crippen molar-refractivity contribution in [3.05, 3.63) is 24.2 Å². The zero-order chi connectivity index (χ0) is 6.81. The third kappa shape index (κ3) is 0.936. The molecule has 0 saturated carbocycles. The summed E-state index contributed by atoms with van der Waals surface area (Å²) in [6.45, 7) is 0.658. The molecule has 3 nitrogen and oxygen atoms in total. The molecular formula is C7H8O3. The van der Waals surface area contributed by atoms with E-state index in [1.165, 1.54) is 0 Å². The lowest BCUT2D eigenvalue weighted by Crippen LogP contribution is -1.91. The maximum absolute atomic E-state index is 5.11. The second kappa shape index (κ2) is 2.44. The van der Waals surface area contributed by atoms with E-state index in [0.717, 1.165) is 12.2 Å². The quantitative estimate of drug-likeness (QED) is 0.556. The van der Waals surface area contributed by atoms with Crippen LogP contribution in [0, 0.1) is 0 Å². The summed E-state index contributed by atoms with van der Waals surface area (Å²) < 4.78 is 5.11. The zero-order valence-corrected chi connectivity index (χ0v) is 5.45. The molecule has 1 aliphatic heterocycles. The molecule has 0 amide bonds. The summed E-state index contributed by atoms with van der Waals surface area (Å²) in [6.07, 6.45) is 2.53. The van der Waals surface area contributed by atoms with Crippen molar-refractivity contribution in [1.29, 1.82) is 0 Å². The molecule has 0 aliphatic carbocycles. The Balaban J connectivity index is 2.12. The Kier molecular flexibility index (Phi) is 1.45. The van der Waals surface area contributed by atoms with Gasteiger partial charge in [0.2, 0.25) is 0 Å². The van der Waals surface area contributed by atoms with Crippen LogP contribution in [-0.2, 0) is 9.78 Å². The molecule has 3 heteroatoms. The van der Waals surface area contributed by atoms with Gasteiger partial charge in [-0.3, -0.25) is 0 Å². The fraction of sp³-hybridized carbons (Fsp3) is 0.429. The van der Waals surface area contributed by atoms with E-state index in [2.05, 4.69) is 0 Å². The first-order chi connectivity index (χ1) is 4.97. The predicted molar refractivity (Wildman–Crippen MR) is 33.1 cm³/mol. The predicted octanol–water partition coefficient (Wildman–Crippen LogP) is 1.67. The van der Waals surface area contributed by atoms with Crippen molar-refractivity contribution in [2.75, 3.05) is 6.61 Å². The maximum Gasteiger partial charge on any atom is 0.153 e. The highest BCUT2D eigenvalue weighted by Crippen LogP contribution is 2.26. The fourth-order valence-electron chi connectivity index (χ4n) is 0.998. The van der Waals surface area contributed by atoms with Crippen LogP contribution < -0.4 is 0 Å². The van der Waals surface area contributed by atoms with Crippen LogP contribution in [0.5, 0.6) is 0 Å². The number of furan rings is 1. The van der Waals surface area contributed by atoms with Crippen LogP contribution in [0.4, 0.5) is 0 Å². The minimum absolute atomic E-state index is 0.00926. The summed E-state index contributed by atoms with van der Waals surface area (Å²) >= 11 is 0. The van der Waals surface area contributed by atoms with Crippen molar-refractivity contribution in [3.63, 3.8) is 0 Å². The van der Waals surface area contributed by atoms with Crippen molar-refractivity contribution in [3.8, 4) is 0 Å². The zero-order valence-electron chi connectivity index (χ0n) is 5.45. The van der Waals surface area contributed by atoms with Gasteiger partial charge >= 0.3 is 0 Å². The van der Waals surface area contributed by atoms with Gasteiger partial charge in [0.1, 0.15) is 5.76 Å². The Bertz CT molecular complexity index is 187.